The molecule has 0 radical (unpaired) electrons. The second kappa shape index (κ2) is 8.83. The van der Waals surface area contributed by atoms with E-state index < -0.39 is 5.54 Å². The maximum Gasteiger partial charge on any atom is 0.246 e. The van der Waals surface area contributed by atoms with Crippen LogP contribution >= 0.6 is 0 Å². The minimum absolute atomic E-state index is 0.153. The fourth-order valence-electron chi connectivity index (χ4n) is 7.37. The molecule has 4 heteroatoms. The first kappa shape index (κ1) is 22.0. The highest BCUT2D eigenvalue weighted by molar-refractivity contribution is 5.92. The highest BCUT2D eigenvalue weighted by atomic mass is 16.2. The van der Waals surface area contributed by atoms with Gasteiger partial charge in [0.05, 0.1) is 0 Å². The summed E-state index contributed by atoms with van der Waals surface area (Å²) in [5.74, 6) is 2.48. The van der Waals surface area contributed by atoms with E-state index in [1.54, 1.807) is 0 Å². The normalized spacial score (nSPS) is 32.8. The highest BCUT2D eigenvalue weighted by Gasteiger charge is 2.54. The summed E-state index contributed by atoms with van der Waals surface area (Å²) >= 11 is 0. The number of carbonyl (C=O) groups is 2. The molecule has 0 unspecified atom stereocenters. The molecule has 0 aromatic heterocycles. The lowest BCUT2D eigenvalue weighted by Crippen LogP contribution is -2.63. The molecular formula is C28H40N2O2. The van der Waals surface area contributed by atoms with Crippen LogP contribution in [0, 0.1) is 23.7 Å². The topological polar surface area (TPSA) is 49.4 Å². The van der Waals surface area contributed by atoms with Gasteiger partial charge in [0.15, 0.2) is 0 Å². The van der Waals surface area contributed by atoms with Crippen molar-refractivity contribution in [3.63, 3.8) is 0 Å². The number of nitrogens with zero attached hydrogens (tertiary/aromatic N) is 1. The summed E-state index contributed by atoms with van der Waals surface area (Å²) in [5, 5.41) is 3.42. The Morgan fingerprint density at radius 3 is 2.44 bits per heavy atom. The van der Waals surface area contributed by atoms with Gasteiger partial charge in [-0.05, 0) is 86.2 Å². The zero-order valence-electron chi connectivity index (χ0n) is 19.9. The number of amides is 2. The van der Waals surface area contributed by atoms with E-state index in [0.717, 1.165) is 57.9 Å². The van der Waals surface area contributed by atoms with E-state index >= 15 is 0 Å². The molecule has 4 aliphatic rings. The molecule has 174 valence electrons. The Hall–Kier alpha value is -1.84. The van der Waals surface area contributed by atoms with E-state index in [1.807, 2.05) is 0 Å². The van der Waals surface area contributed by atoms with E-state index in [2.05, 4.69) is 48.3 Å². The van der Waals surface area contributed by atoms with Gasteiger partial charge < -0.3 is 10.2 Å². The highest BCUT2D eigenvalue weighted by Crippen LogP contribution is 2.48. The quantitative estimate of drug-likeness (QED) is 0.714. The van der Waals surface area contributed by atoms with Crippen LogP contribution in [0.3, 0.4) is 0 Å². The molecule has 1 saturated heterocycles. The van der Waals surface area contributed by atoms with E-state index in [1.165, 1.54) is 24.0 Å². The van der Waals surface area contributed by atoms with Gasteiger partial charge in [-0.1, -0.05) is 51.0 Å². The molecule has 4 atom stereocenters. The third-order valence-electron chi connectivity index (χ3n) is 8.92. The minimum Gasteiger partial charge on any atom is -0.351 e. The second-order valence-electron chi connectivity index (χ2n) is 11.6. The van der Waals surface area contributed by atoms with Crippen molar-refractivity contribution < 1.29 is 9.59 Å². The van der Waals surface area contributed by atoms with Crippen molar-refractivity contribution >= 4 is 11.8 Å². The van der Waals surface area contributed by atoms with E-state index in [0.29, 0.717) is 36.1 Å². The van der Waals surface area contributed by atoms with Crippen LogP contribution in [0.1, 0.15) is 82.8 Å². The zero-order chi connectivity index (χ0) is 22.3. The molecule has 4 nitrogen and oxygen atoms in total. The van der Waals surface area contributed by atoms with Crippen LogP contribution in [0.15, 0.2) is 24.3 Å². The largest absolute Gasteiger partial charge is 0.351 e. The maximum atomic E-state index is 14.0. The van der Waals surface area contributed by atoms with Crippen LogP contribution < -0.4 is 5.32 Å². The molecule has 1 heterocycles. The van der Waals surface area contributed by atoms with E-state index in [4.69, 9.17) is 0 Å². The lowest BCUT2D eigenvalue weighted by atomic mass is 9.62. The maximum absolute atomic E-state index is 14.0. The number of hydrogen-bond acceptors (Lipinski definition) is 2. The Labute approximate surface area is 193 Å². The molecule has 2 saturated carbocycles. The van der Waals surface area contributed by atoms with Crippen LogP contribution in [0.4, 0.5) is 0 Å². The Kier molecular flexibility index (Phi) is 6.07. The predicted molar refractivity (Wildman–Crippen MR) is 127 cm³/mol. The van der Waals surface area contributed by atoms with Gasteiger partial charge in [-0.15, -0.1) is 0 Å². The van der Waals surface area contributed by atoms with Gasteiger partial charge in [-0.25, -0.2) is 0 Å². The lowest BCUT2D eigenvalue weighted by Gasteiger charge is -2.50. The Bertz CT molecular complexity index is 859. The van der Waals surface area contributed by atoms with E-state index in [-0.39, 0.29) is 11.8 Å². The van der Waals surface area contributed by atoms with Crippen LogP contribution in [-0.2, 0) is 22.4 Å². The number of carbonyl (C=O) groups excluding carboxylic acids is 2. The molecule has 1 aliphatic heterocycles. The molecule has 0 spiro atoms. The third kappa shape index (κ3) is 4.10. The average molecular weight is 437 g/mol. The van der Waals surface area contributed by atoms with Crippen molar-refractivity contribution in [3.05, 3.63) is 35.4 Å². The Morgan fingerprint density at radius 1 is 1.06 bits per heavy atom. The number of likely N-dealkylation sites (tertiary alicyclic amines) is 1. The first-order valence-corrected chi connectivity index (χ1v) is 13.1. The number of benzene rings is 1. The zero-order valence-corrected chi connectivity index (χ0v) is 19.9. The van der Waals surface area contributed by atoms with Crippen molar-refractivity contribution in [2.45, 2.75) is 96.1 Å². The van der Waals surface area contributed by atoms with E-state index in [9.17, 15) is 9.59 Å². The first-order valence-electron chi connectivity index (χ1n) is 13.1. The molecule has 3 aliphatic carbocycles. The smallest absolute Gasteiger partial charge is 0.246 e. The SMILES string of the molecule is CC(C)C[C@H]1CC(=O)N([C@@]2(C(=O)NC3CCCC3)CC[C@H]3Cc4ccccc4C[C@@H]3C2)C1. The van der Waals surface area contributed by atoms with Crippen LogP contribution in [0.25, 0.3) is 0 Å². The van der Waals surface area contributed by atoms with Gasteiger partial charge in [-0.3, -0.25) is 9.59 Å². The van der Waals surface area contributed by atoms with Crippen molar-refractivity contribution in [1.29, 1.82) is 0 Å². The molecule has 0 bridgehead atoms. The average Bonchev–Trinajstić information content (AvgIpc) is 3.41. The van der Waals surface area contributed by atoms with Crippen LogP contribution in [-0.4, -0.2) is 34.8 Å². The molecule has 5 rings (SSSR count). The van der Waals surface area contributed by atoms with Crippen molar-refractivity contribution in [2.75, 3.05) is 6.54 Å². The van der Waals surface area contributed by atoms with Crippen LogP contribution in [0.5, 0.6) is 0 Å². The van der Waals surface area contributed by atoms with Gasteiger partial charge in [0.25, 0.3) is 0 Å². The van der Waals surface area contributed by atoms with Gasteiger partial charge in [0.2, 0.25) is 11.8 Å². The summed E-state index contributed by atoms with van der Waals surface area (Å²) in [5.41, 5.74) is 2.30. The second-order valence-corrected chi connectivity index (χ2v) is 11.6. The van der Waals surface area contributed by atoms with Crippen LogP contribution in [0.2, 0.25) is 0 Å². The lowest BCUT2D eigenvalue weighted by molar-refractivity contribution is -0.150. The fraction of sp³-hybridized carbons (Fsp3) is 0.714. The fourth-order valence-corrected chi connectivity index (χ4v) is 7.37. The molecule has 1 aromatic rings. The van der Waals surface area contributed by atoms with Gasteiger partial charge in [0.1, 0.15) is 5.54 Å². The molecule has 2 amide bonds. The van der Waals surface area contributed by atoms with Gasteiger partial charge in [-0.2, -0.15) is 0 Å². The summed E-state index contributed by atoms with van der Waals surface area (Å²) in [4.78, 5) is 29.3. The van der Waals surface area contributed by atoms with Crippen molar-refractivity contribution in [2.24, 2.45) is 23.7 Å². The third-order valence-corrected chi connectivity index (χ3v) is 8.92. The van der Waals surface area contributed by atoms with Gasteiger partial charge in [0, 0.05) is 19.0 Å². The molecular weight excluding hydrogens is 396 g/mol. The standard InChI is InChI=1S/C28H40N2O2/c1-19(2)13-20-14-26(31)30(18-20)28(27(32)29-25-9-5-6-10-25)12-11-23-15-21-7-3-4-8-22(21)16-24(23)17-28/h3-4,7-8,19-20,23-25H,5-6,9-18H2,1-2H3,(H,29,32)/t20-,23-,24+,28-/m0/s1. The number of nitrogens with one attached hydrogen (secondary N) is 1. The number of hydrogen-bond donors (Lipinski definition) is 1. The number of fused-ring (bicyclic) bond motifs is 2. The first-order chi connectivity index (χ1) is 15.4. The summed E-state index contributed by atoms with van der Waals surface area (Å²) in [6.07, 6.45) is 11.2. The minimum atomic E-state index is -0.640. The summed E-state index contributed by atoms with van der Waals surface area (Å²) in [7, 11) is 0. The molecule has 1 N–H and O–H groups in total. The summed E-state index contributed by atoms with van der Waals surface area (Å²) < 4.78 is 0. The number of rotatable bonds is 5. The van der Waals surface area contributed by atoms with Crippen molar-refractivity contribution in [1.82, 2.24) is 10.2 Å². The predicted octanol–water partition coefficient (Wildman–Crippen LogP) is 4.89. The van der Waals surface area contributed by atoms with Gasteiger partial charge >= 0.3 is 0 Å². The Morgan fingerprint density at radius 2 is 1.75 bits per heavy atom. The summed E-state index contributed by atoms with van der Waals surface area (Å²) in [6.45, 7) is 5.24. The van der Waals surface area contributed by atoms with Crippen molar-refractivity contribution in [3.8, 4) is 0 Å². The molecule has 1 aromatic carbocycles. The molecule has 32 heavy (non-hydrogen) atoms. The Balaban J connectivity index is 1.42. The molecule has 3 fully saturated rings. The summed E-state index contributed by atoms with van der Waals surface area (Å²) in [6, 6.07) is 9.14. The monoisotopic (exact) mass is 436 g/mol.